The third-order valence-corrected chi connectivity index (χ3v) is 8.35. The fraction of sp³-hybridized carbons (Fsp3) is 0.250. The van der Waals surface area contributed by atoms with Crippen molar-refractivity contribution in [2.24, 2.45) is 0 Å². The molecule has 7 nitrogen and oxygen atoms in total. The molecule has 2 atom stereocenters. The minimum atomic E-state index is -0.940. The van der Waals surface area contributed by atoms with E-state index in [1.54, 1.807) is 11.0 Å². The summed E-state index contributed by atoms with van der Waals surface area (Å²) in [6.45, 7) is 0.711. The second-order valence-corrected chi connectivity index (χ2v) is 11.2. The van der Waals surface area contributed by atoms with Gasteiger partial charge < -0.3 is 14.7 Å². The van der Waals surface area contributed by atoms with Crippen molar-refractivity contribution >= 4 is 33.4 Å². The number of carbonyl (C=O) groups is 1. The third-order valence-electron chi connectivity index (χ3n) is 7.04. The van der Waals surface area contributed by atoms with Crippen molar-refractivity contribution in [1.29, 1.82) is 0 Å². The number of benzene rings is 2. The van der Waals surface area contributed by atoms with E-state index in [1.165, 1.54) is 28.7 Å². The predicted octanol–water partition coefficient (Wildman–Crippen LogP) is 0.854. The molecular weight excluding hydrogens is 486 g/mol. The lowest BCUT2D eigenvalue weighted by molar-refractivity contribution is -0.0197. The molecule has 1 fully saturated rings. The van der Waals surface area contributed by atoms with Crippen LogP contribution in [0.1, 0.15) is 33.2 Å². The van der Waals surface area contributed by atoms with E-state index in [9.17, 15) is 19.1 Å². The Balaban J connectivity index is 1.71. The van der Waals surface area contributed by atoms with Crippen LogP contribution >= 0.6 is 11.8 Å². The van der Waals surface area contributed by atoms with E-state index in [0.717, 1.165) is 16.5 Å². The average molecular weight is 507 g/mol. The first-order valence-corrected chi connectivity index (χ1v) is 12.4. The molecule has 12 heteroatoms. The summed E-state index contributed by atoms with van der Waals surface area (Å²) in [4.78, 5) is 28.2. The van der Waals surface area contributed by atoms with Gasteiger partial charge in [0.25, 0.3) is 5.91 Å². The quantitative estimate of drug-likeness (QED) is 0.493. The van der Waals surface area contributed by atoms with Crippen LogP contribution in [0.4, 0.5) is 8.78 Å². The molecule has 2 aromatic carbocycles. The number of thioether (sulfide) groups is 1. The molecule has 0 bridgehead atoms. The van der Waals surface area contributed by atoms with Gasteiger partial charge >= 0.3 is 0 Å². The van der Waals surface area contributed by atoms with Gasteiger partial charge in [0.15, 0.2) is 23.1 Å². The summed E-state index contributed by atoms with van der Waals surface area (Å²) in [6.07, 6.45) is 0.818. The standard InChI is InChI=1S/C24H21B2F2N3O4S/c25-24(26)18-13(5-6-14(27)19(18)28)20(12-3-1-2-4-16(12)36-24)31-17-11-35-10-9-29(17)23(34)21-22(33)15(32)7-8-30(21)31/h1-8,17,20,33H,9-11,25-26H2/t17-,20-/m1/s1. The maximum absolute atomic E-state index is 15.5. The zero-order valence-corrected chi connectivity index (χ0v) is 20.4. The Hall–Kier alpha value is -3.24. The van der Waals surface area contributed by atoms with E-state index >= 15 is 4.39 Å². The first-order valence-electron chi connectivity index (χ1n) is 11.6. The van der Waals surface area contributed by atoms with Crippen molar-refractivity contribution < 1.29 is 23.4 Å². The van der Waals surface area contributed by atoms with Crippen molar-refractivity contribution in [2.45, 2.75) is 21.6 Å². The van der Waals surface area contributed by atoms with Crippen LogP contribution in [0.15, 0.2) is 58.4 Å². The summed E-state index contributed by atoms with van der Waals surface area (Å²) < 4.78 is 36.5. The van der Waals surface area contributed by atoms with Crippen molar-refractivity contribution in [3.05, 3.63) is 92.9 Å². The van der Waals surface area contributed by atoms with E-state index in [1.807, 2.05) is 45.0 Å². The van der Waals surface area contributed by atoms with Gasteiger partial charge in [-0.2, -0.15) is 0 Å². The molecule has 36 heavy (non-hydrogen) atoms. The highest BCUT2D eigenvalue weighted by Crippen LogP contribution is 2.50. The number of hydrogen-bond donors (Lipinski definition) is 1. The molecule has 3 aliphatic rings. The maximum atomic E-state index is 15.5. The van der Waals surface area contributed by atoms with E-state index in [4.69, 9.17) is 4.74 Å². The largest absolute Gasteiger partial charge is 0.502 e. The van der Waals surface area contributed by atoms with Crippen molar-refractivity contribution in [1.82, 2.24) is 9.58 Å². The number of pyridine rings is 1. The third kappa shape index (κ3) is 3.24. The Bertz CT molecular complexity index is 1480. The van der Waals surface area contributed by atoms with Crippen LogP contribution < -0.4 is 10.4 Å². The Morgan fingerprint density at radius 1 is 1.08 bits per heavy atom. The SMILES string of the molecule is BC1(B)Sc2ccccc2[C@@H](N2[C@@H]3COCCN3C(=O)c3c(O)c(=O)ccn32)c2ccc(F)c(F)c21. The first kappa shape index (κ1) is 23.2. The number of fused-ring (bicyclic) bond motifs is 4. The molecule has 0 aliphatic carbocycles. The van der Waals surface area contributed by atoms with Gasteiger partial charge in [-0.05, 0) is 33.4 Å². The summed E-state index contributed by atoms with van der Waals surface area (Å²) in [5.74, 6) is -3.00. The number of amides is 1. The van der Waals surface area contributed by atoms with E-state index in [0.29, 0.717) is 12.2 Å². The lowest BCUT2D eigenvalue weighted by Gasteiger charge is -2.51. The van der Waals surface area contributed by atoms with Crippen LogP contribution in [0.2, 0.25) is 0 Å². The molecule has 1 saturated heterocycles. The summed E-state index contributed by atoms with van der Waals surface area (Å²) in [5.41, 5.74) is 0.733. The van der Waals surface area contributed by atoms with Crippen molar-refractivity contribution in [3.63, 3.8) is 0 Å². The van der Waals surface area contributed by atoms with Crippen molar-refractivity contribution in [2.75, 3.05) is 24.8 Å². The molecule has 3 aliphatic heterocycles. The lowest BCUT2D eigenvalue weighted by Crippen LogP contribution is -2.66. The number of hydrogen-bond acceptors (Lipinski definition) is 6. The highest BCUT2D eigenvalue weighted by Gasteiger charge is 2.47. The summed E-state index contributed by atoms with van der Waals surface area (Å²) in [7, 11) is 3.70. The van der Waals surface area contributed by atoms with Crippen LogP contribution in [-0.4, -0.2) is 62.2 Å². The summed E-state index contributed by atoms with van der Waals surface area (Å²) in [6, 6.07) is 10.8. The number of ether oxygens (including phenoxy) is 1. The van der Waals surface area contributed by atoms with Crippen molar-refractivity contribution in [3.8, 4) is 5.75 Å². The zero-order valence-electron chi connectivity index (χ0n) is 19.6. The fourth-order valence-corrected chi connectivity index (χ4v) is 6.82. The topological polar surface area (TPSA) is 75.0 Å². The monoisotopic (exact) mass is 507 g/mol. The van der Waals surface area contributed by atoms with Gasteiger partial charge in [0.1, 0.15) is 21.9 Å². The van der Waals surface area contributed by atoms with Gasteiger partial charge in [-0.15, -0.1) is 11.8 Å². The number of carbonyl (C=O) groups excluding carboxylic acids is 1. The Labute approximate surface area is 211 Å². The van der Waals surface area contributed by atoms with Crippen LogP contribution in [0, 0.1) is 11.6 Å². The molecule has 0 unspecified atom stereocenters. The number of aromatic hydroxyl groups is 1. The lowest BCUT2D eigenvalue weighted by atomic mass is 9.63. The Morgan fingerprint density at radius 3 is 2.67 bits per heavy atom. The molecule has 1 N–H and O–H groups in total. The number of aromatic nitrogens is 1. The van der Waals surface area contributed by atoms with Gasteiger partial charge in [0, 0.05) is 23.7 Å². The van der Waals surface area contributed by atoms with Crippen LogP contribution in [0.3, 0.4) is 0 Å². The van der Waals surface area contributed by atoms with Crippen LogP contribution in [0.5, 0.6) is 5.75 Å². The van der Waals surface area contributed by atoms with E-state index < -0.39 is 45.5 Å². The molecule has 1 aromatic heterocycles. The predicted molar refractivity (Wildman–Crippen MR) is 135 cm³/mol. The Kier molecular flexibility index (Phi) is 5.24. The zero-order chi connectivity index (χ0) is 25.4. The van der Waals surface area contributed by atoms with Gasteiger partial charge in [-0.1, -0.05) is 24.3 Å². The van der Waals surface area contributed by atoms with E-state index in [2.05, 4.69) is 0 Å². The number of rotatable bonds is 1. The summed E-state index contributed by atoms with van der Waals surface area (Å²) in [5, 5.41) is 12.5. The highest BCUT2D eigenvalue weighted by atomic mass is 32.2. The molecule has 0 saturated carbocycles. The maximum Gasteiger partial charge on any atom is 0.278 e. The van der Waals surface area contributed by atoms with Gasteiger partial charge in [0.05, 0.1) is 19.3 Å². The summed E-state index contributed by atoms with van der Waals surface area (Å²) >= 11 is 1.43. The molecular formula is C24H21B2F2N3O4S. The smallest absolute Gasteiger partial charge is 0.278 e. The van der Waals surface area contributed by atoms with Crippen LogP contribution in [0.25, 0.3) is 0 Å². The highest BCUT2D eigenvalue weighted by molar-refractivity contribution is 8.02. The molecule has 0 spiro atoms. The number of nitrogens with zero attached hydrogens (tertiary/aromatic N) is 3. The van der Waals surface area contributed by atoms with Gasteiger partial charge in [-0.3, -0.25) is 19.3 Å². The molecule has 3 aromatic rings. The molecule has 6 rings (SSSR count). The molecule has 0 radical (unpaired) electrons. The van der Waals surface area contributed by atoms with Crippen LogP contribution in [-0.2, 0) is 9.28 Å². The second-order valence-electron chi connectivity index (χ2n) is 9.53. The van der Waals surface area contributed by atoms with Gasteiger partial charge in [0.2, 0.25) is 5.43 Å². The average Bonchev–Trinajstić information content (AvgIpc) is 2.95. The molecule has 1 amide bonds. The minimum Gasteiger partial charge on any atom is -0.502 e. The Morgan fingerprint density at radius 2 is 1.86 bits per heavy atom. The first-order chi connectivity index (χ1) is 17.2. The normalized spacial score (nSPS) is 22.2. The van der Waals surface area contributed by atoms with E-state index in [-0.39, 0.29) is 24.4 Å². The minimum absolute atomic E-state index is 0.159. The second kappa shape index (κ2) is 8.14. The molecule has 4 heterocycles. The molecule has 182 valence electrons. The van der Waals surface area contributed by atoms with Gasteiger partial charge in [-0.25, -0.2) is 8.78 Å². The number of halogens is 2. The number of morpholine rings is 1. The fourth-order valence-electron chi connectivity index (χ4n) is 5.51.